The number of fused-ring (bicyclic) bond motifs is 2. The van der Waals surface area contributed by atoms with Crippen molar-refractivity contribution in [2.75, 3.05) is 31.2 Å². The lowest BCUT2D eigenvalue weighted by Gasteiger charge is -2.23. The molecule has 0 aromatic carbocycles. The molecule has 14 heteroatoms. The van der Waals surface area contributed by atoms with Crippen molar-refractivity contribution in [2.45, 2.75) is 49.6 Å². The Hall–Kier alpha value is -1.78. The number of anilines is 1. The minimum absolute atomic E-state index is 0.0253. The van der Waals surface area contributed by atoms with Crippen LogP contribution in [-0.4, -0.2) is 85.1 Å². The van der Waals surface area contributed by atoms with Gasteiger partial charge in [-0.3, -0.25) is 4.57 Å². The Kier molecular flexibility index (Phi) is 7.06. The summed E-state index contributed by atoms with van der Waals surface area (Å²) in [5.74, 6) is -0.621. The normalized spacial score (nSPS) is 31.2. The Morgan fingerprint density at radius 2 is 1.97 bits per heavy atom. The number of rotatable bonds is 7. The average molecular weight is 543 g/mol. The summed E-state index contributed by atoms with van der Waals surface area (Å²) in [7, 11) is -4.73. The Balaban J connectivity index is 1.44. The number of hydrogen-bond acceptors (Lipinski definition) is 9. The maximum absolute atomic E-state index is 11.4. The number of hydrogen-bond donors (Lipinski definition) is 5. The summed E-state index contributed by atoms with van der Waals surface area (Å²) in [5.41, 5.74) is 1.35. The van der Waals surface area contributed by atoms with E-state index in [1.807, 2.05) is 0 Å². The molecular formula is C22H28ClN4O8P. The van der Waals surface area contributed by atoms with Crippen molar-refractivity contribution < 1.29 is 39.1 Å². The van der Waals surface area contributed by atoms with Crippen LogP contribution in [0.2, 0.25) is 5.15 Å². The number of halogens is 1. The zero-order valence-electron chi connectivity index (χ0n) is 19.2. The zero-order chi connectivity index (χ0) is 25.8. The van der Waals surface area contributed by atoms with E-state index in [0.29, 0.717) is 28.6 Å². The van der Waals surface area contributed by atoms with Crippen molar-refractivity contribution in [1.29, 1.82) is 5.26 Å². The van der Waals surface area contributed by atoms with Crippen LogP contribution in [0.5, 0.6) is 0 Å². The third-order valence-electron chi connectivity index (χ3n) is 7.54. The monoisotopic (exact) mass is 542 g/mol. The molecule has 5 N–H and O–H groups in total. The first-order valence-electron chi connectivity index (χ1n) is 11.8. The minimum atomic E-state index is -4.73. The number of aliphatic hydroxyl groups is 3. The Bertz CT molecular complexity index is 1220. The first kappa shape index (κ1) is 25.9. The summed E-state index contributed by atoms with van der Waals surface area (Å²) < 4.78 is 23.8. The predicted molar refractivity (Wildman–Crippen MR) is 127 cm³/mol. The molecule has 3 fully saturated rings. The van der Waals surface area contributed by atoms with Crippen molar-refractivity contribution in [3.8, 4) is 6.07 Å². The number of nitrogens with zero attached hydrogens (tertiary/aromatic N) is 4. The first-order chi connectivity index (χ1) is 17.1. The number of aliphatic hydroxyl groups excluding tert-OH is 3. The van der Waals surface area contributed by atoms with Crippen molar-refractivity contribution >= 4 is 35.9 Å². The first-order valence-corrected chi connectivity index (χ1v) is 13.8. The highest BCUT2D eigenvalue weighted by Crippen LogP contribution is 2.45. The molecule has 36 heavy (non-hydrogen) atoms. The fraction of sp³-hybridized carbons (Fsp3) is 0.636. The van der Waals surface area contributed by atoms with Crippen LogP contribution in [0.1, 0.15) is 31.1 Å². The van der Waals surface area contributed by atoms with Gasteiger partial charge >= 0.3 is 7.60 Å². The molecule has 0 bridgehead atoms. The highest BCUT2D eigenvalue weighted by Gasteiger charge is 2.45. The summed E-state index contributed by atoms with van der Waals surface area (Å²) in [6.45, 7) is 0.253. The van der Waals surface area contributed by atoms with Gasteiger partial charge in [0.2, 0.25) is 0 Å². The van der Waals surface area contributed by atoms with Crippen LogP contribution >= 0.6 is 19.2 Å². The SMILES string of the molecule is N#Cc1c(Cl)nc2c(ccn2C2O[C@H](CO[C@H](CO)P(=O)(O)O)[C@@H](O)[C@H]2O)c1N1CC2CCCC2C1. The largest absolute Gasteiger partial charge is 0.393 e. The van der Waals surface area contributed by atoms with Crippen LogP contribution < -0.4 is 4.90 Å². The smallest absolute Gasteiger partial charge is 0.356 e. The number of pyridine rings is 1. The molecule has 0 spiro atoms. The van der Waals surface area contributed by atoms with Crippen LogP contribution in [-0.2, 0) is 14.0 Å². The van der Waals surface area contributed by atoms with Crippen LogP contribution in [0.15, 0.2) is 12.3 Å². The lowest BCUT2D eigenvalue weighted by atomic mass is 10.0. The molecule has 7 atom stereocenters. The van der Waals surface area contributed by atoms with E-state index in [1.165, 1.54) is 11.0 Å². The van der Waals surface area contributed by atoms with Crippen LogP contribution in [0.4, 0.5) is 5.69 Å². The highest BCUT2D eigenvalue weighted by molar-refractivity contribution is 7.52. The molecule has 2 aromatic heterocycles. The zero-order valence-corrected chi connectivity index (χ0v) is 20.9. The lowest BCUT2D eigenvalue weighted by molar-refractivity contribution is -0.0773. The molecule has 1 aliphatic carbocycles. The Labute approximate surface area is 211 Å². The summed E-state index contributed by atoms with van der Waals surface area (Å²) >= 11 is 6.44. The van der Waals surface area contributed by atoms with Gasteiger partial charge in [0.05, 0.1) is 18.9 Å². The van der Waals surface area contributed by atoms with Gasteiger partial charge in [-0.25, -0.2) is 4.98 Å². The molecule has 0 amide bonds. The van der Waals surface area contributed by atoms with E-state index in [0.717, 1.165) is 25.9 Å². The summed E-state index contributed by atoms with van der Waals surface area (Å²) in [5, 5.41) is 41.0. The Morgan fingerprint density at radius 1 is 1.28 bits per heavy atom. The molecule has 196 valence electrons. The molecule has 2 aromatic rings. The summed E-state index contributed by atoms with van der Waals surface area (Å²) in [6.07, 6.45) is 0.0893. The molecule has 3 unspecified atom stereocenters. The fourth-order valence-corrected chi connectivity index (χ4v) is 6.44. The van der Waals surface area contributed by atoms with E-state index in [-0.39, 0.29) is 10.7 Å². The van der Waals surface area contributed by atoms with Gasteiger partial charge in [0.15, 0.2) is 17.2 Å². The molecule has 2 aliphatic heterocycles. The van der Waals surface area contributed by atoms with Gasteiger partial charge in [0.1, 0.15) is 35.6 Å². The van der Waals surface area contributed by atoms with Gasteiger partial charge in [-0.2, -0.15) is 5.26 Å². The number of aromatic nitrogens is 2. The van der Waals surface area contributed by atoms with Gasteiger partial charge in [-0.15, -0.1) is 0 Å². The molecule has 1 saturated carbocycles. The molecule has 0 radical (unpaired) electrons. The average Bonchev–Trinajstić information content (AvgIpc) is 3.58. The van der Waals surface area contributed by atoms with Crippen LogP contribution in [0, 0.1) is 23.2 Å². The second kappa shape index (κ2) is 9.83. The van der Waals surface area contributed by atoms with E-state index in [9.17, 15) is 34.9 Å². The second-order valence-electron chi connectivity index (χ2n) is 9.66. The Morgan fingerprint density at radius 3 is 2.58 bits per heavy atom. The van der Waals surface area contributed by atoms with Crippen molar-refractivity contribution in [2.24, 2.45) is 11.8 Å². The van der Waals surface area contributed by atoms with Crippen molar-refractivity contribution in [3.63, 3.8) is 0 Å². The molecule has 3 aliphatic rings. The van der Waals surface area contributed by atoms with E-state index in [1.54, 1.807) is 12.3 Å². The third kappa shape index (κ3) is 4.43. The van der Waals surface area contributed by atoms with Crippen LogP contribution in [0.25, 0.3) is 11.0 Å². The molecule has 5 rings (SSSR count). The van der Waals surface area contributed by atoms with E-state index >= 15 is 0 Å². The van der Waals surface area contributed by atoms with Crippen molar-refractivity contribution in [3.05, 3.63) is 23.0 Å². The minimum Gasteiger partial charge on any atom is -0.393 e. The summed E-state index contributed by atoms with van der Waals surface area (Å²) in [4.78, 5) is 25.1. The van der Waals surface area contributed by atoms with E-state index < -0.39 is 51.2 Å². The third-order valence-corrected chi connectivity index (χ3v) is 8.88. The second-order valence-corrected chi connectivity index (χ2v) is 11.8. The topological polar surface area (TPSA) is 182 Å². The standard InChI is InChI=1S/C22H28ClN4O8P/c23-20-14(6-24)17(26-7-11-2-1-3-12(11)8-26)13-4-5-27(21(13)25-20)22-19(30)18(29)15(35-22)10-34-16(9-28)36(31,32)33/h4-5,11-12,15-16,18-19,22,28-30H,1-3,7-10H2,(H2,31,32,33)/t11?,12?,15-,16+,18-,19-,22?/m1/s1. The molecular weight excluding hydrogens is 515 g/mol. The van der Waals surface area contributed by atoms with Gasteiger partial charge in [-0.1, -0.05) is 18.0 Å². The van der Waals surface area contributed by atoms with E-state index in [4.69, 9.17) is 21.1 Å². The fourth-order valence-electron chi connectivity index (χ4n) is 5.73. The maximum atomic E-state index is 11.4. The van der Waals surface area contributed by atoms with Crippen LogP contribution in [0.3, 0.4) is 0 Å². The summed E-state index contributed by atoms with van der Waals surface area (Å²) in [6, 6.07) is 3.95. The van der Waals surface area contributed by atoms with Gasteiger partial charge in [0, 0.05) is 24.7 Å². The van der Waals surface area contributed by atoms with E-state index in [2.05, 4.69) is 16.0 Å². The molecule has 4 heterocycles. The number of nitriles is 1. The van der Waals surface area contributed by atoms with Gasteiger partial charge in [0.25, 0.3) is 0 Å². The van der Waals surface area contributed by atoms with Gasteiger partial charge in [-0.05, 0) is 30.7 Å². The number of ether oxygens (including phenoxy) is 2. The predicted octanol–water partition coefficient (Wildman–Crippen LogP) is 0.930. The quantitative estimate of drug-likeness (QED) is 0.248. The maximum Gasteiger partial charge on any atom is 0.356 e. The van der Waals surface area contributed by atoms with Gasteiger partial charge < -0.3 is 44.0 Å². The molecule has 2 saturated heterocycles. The molecule has 12 nitrogen and oxygen atoms in total. The lowest BCUT2D eigenvalue weighted by Crippen LogP contribution is -2.35. The highest BCUT2D eigenvalue weighted by atomic mass is 35.5. The van der Waals surface area contributed by atoms with Crippen molar-refractivity contribution in [1.82, 2.24) is 9.55 Å².